The number of hydrogen-bond acceptors (Lipinski definition) is 2. The molecule has 0 amide bonds. The number of hydrogen-bond donors (Lipinski definition) is 2. The molecule has 2 N–H and O–H groups in total. The number of aryl methyl sites for hydroxylation is 4. The van der Waals surface area contributed by atoms with Gasteiger partial charge in [0, 0.05) is 10.8 Å². The smallest absolute Gasteiger partial charge is 0.118 e. The first kappa shape index (κ1) is 22.0. The Balaban J connectivity index is 2.12. The van der Waals surface area contributed by atoms with Crippen molar-refractivity contribution in [1.82, 2.24) is 0 Å². The summed E-state index contributed by atoms with van der Waals surface area (Å²) in [6.45, 7) is 17.0. The van der Waals surface area contributed by atoms with Crippen molar-refractivity contribution in [2.45, 2.75) is 66.2 Å². The van der Waals surface area contributed by atoms with Gasteiger partial charge in [-0.25, -0.2) is 0 Å². The molecule has 0 aliphatic rings. The highest BCUT2D eigenvalue weighted by Crippen LogP contribution is 2.40. The molecular weight excluding hydrogens is 368 g/mol. The van der Waals surface area contributed by atoms with Gasteiger partial charge in [-0.3, -0.25) is 0 Å². The van der Waals surface area contributed by atoms with Crippen LogP contribution in [-0.4, -0.2) is 10.2 Å². The summed E-state index contributed by atoms with van der Waals surface area (Å²) in [7, 11) is 0. The van der Waals surface area contributed by atoms with Crippen LogP contribution in [0.3, 0.4) is 0 Å². The number of benzene rings is 3. The average molecular weight is 403 g/mol. The van der Waals surface area contributed by atoms with E-state index in [1.807, 2.05) is 26.0 Å². The lowest BCUT2D eigenvalue weighted by Crippen LogP contribution is -2.24. The van der Waals surface area contributed by atoms with E-state index >= 15 is 0 Å². The Kier molecular flexibility index (Phi) is 5.49. The molecule has 0 heterocycles. The first-order valence-electron chi connectivity index (χ1n) is 10.6. The van der Waals surface area contributed by atoms with Gasteiger partial charge in [0.15, 0.2) is 0 Å². The maximum Gasteiger partial charge on any atom is 0.118 e. The number of phenols is 2. The zero-order valence-corrected chi connectivity index (χ0v) is 19.5. The van der Waals surface area contributed by atoms with E-state index in [2.05, 4.69) is 77.9 Å². The first-order valence-corrected chi connectivity index (χ1v) is 10.6. The maximum atomic E-state index is 10.1. The molecule has 2 nitrogen and oxygen atoms in total. The van der Waals surface area contributed by atoms with Crippen molar-refractivity contribution in [3.8, 4) is 11.5 Å². The zero-order chi connectivity index (χ0) is 22.4. The maximum absolute atomic E-state index is 10.1. The molecule has 30 heavy (non-hydrogen) atoms. The van der Waals surface area contributed by atoms with Gasteiger partial charge in [0.2, 0.25) is 0 Å². The summed E-state index contributed by atoms with van der Waals surface area (Å²) in [5.74, 6) is 0.695. The van der Waals surface area contributed by atoms with Crippen molar-refractivity contribution in [2.24, 2.45) is 0 Å². The minimum absolute atomic E-state index is 0.200. The zero-order valence-electron chi connectivity index (χ0n) is 19.5. The van der Waals surface area contributed by atoms with E-state index in [4.69, 9.17) is 0 Å². The molecule has 0 unspecified atom stereocenters. The van der Waals surface area contributed by atoms with Crippen LogP contribution in [0.1, 0.15) is 72.2 Å². The molecular formula is C28H34O2. The van der Waals surface area contributed by atoms with Crippen LogP contribution in [0.4, 0.5) is 0 Å². The Morgan fingerprint density at radius 2 is 0.900 bits per heavy atom. The van der Waals surface area contributed by atoms with Gasteiger partial charge in [0.25, 0.3) is 0 Å². The van der Waals surface area contributed by atoms with Gasteiger partial charge < -0.3 is 10.2 Å². The summed E-state index contributed by atoms with van der Waals surface area (Å²) in [5, 5.41) is 20.2. The van der Waals surface area contributed by atoms with E-state index in [1.165, 1.54) is 22.3 Å². The second-order valence-corrected chi connectivity index (χ2v) is 9.74. The molecule has 0 aromatic heterocycles. The Bertz CT molecular complexity index is 1020. The fourth-order valence-corrected chi connectivity index (χ4v) is 4.56. The minimum atomic E-state index is -0.200. The molecule has 0 radical (unpaired) electrons. The topological polar surface area (TPSA) is 40.5 Å². The summed E-state index contributed by atoms with van der Waals surface area (Å²) in [4.78, 5) is 0. The van der Waals surface area contributed by atoms with Gasteiger partial charge in [-0.05, 0) is 84.3 Å². The molecule has 2 heteroatoms. The SMILES string of the molecule is Cc1cc(C(C)(C)c2cccc(C(C)(C)c3cc(C)c(O)cc3C)c2)c(C)cc1O. The molecule has 0 aliphatic carbocycles. The normalized spacial score (nSPS) is 12.3. The largest absolute Gasteiger partial charge is 0.508 e. The van der Waals surface area contributed by atoms with Crippen molar-refractivity contribution in [3.05, 3.63) is 93.0 Å². The highest BCUT2D eigenvalue weighted by Gasteiger charge is 2.30. The number of phenolic OH excluding ortho intramolecular Hbond substituents is 2. The molecule has 0 fully saturated rings. The minimum Gasteiger partial charge on any atom is -0.508 e. The van der Waals surface area contributed by atoms with E-state index in [9.17, 15) is 10.2 Å². The van der Waals surface area contributed by atoms with Gasteiger partial charge in [0.05, 0.1) is 0 Å². The van der Waals surface area contributed by atoms with Crippen molar-refractivity contribution < 1.29 is 10.2 Å². The molecule has 158 valence electrons. The highest BCUT2D eigenvalue weighted by molar-refractivity contribution is 5.52. The molecule has 0 saturated carbocycles. The predicted octanol–water partition coefficient (Wildman–Crippen LogP) is 6.98. The van der Waals surface area contributed by atoms with Gasteiger partial charge >= 0.3 is 0 Å². The quantitative estimate of drug-likeness (QED) is 0.494. The second kappa shape index (κ2) is 7.50. The van der Waals surface area contributed by atoms with E-state index in [0.29, 0.717) is 11.5 Å². The van der Waals surface area contributed by atoms with E-state index < -0.39 is 0 Å². The summed E-state index contributed by atoms with van der Waals surface area (Å²) >= 11 is 0. The van der Waals surface area contributed by atoms with Gasteiger partial charge in [-0.2, -0.15) is 0 Å². The van der Waals surface area contributed by atoms with E-state index in [1.54, 1.807) is 0 Å². The fraction of sp³-hybridized carbons (Fsp3) is 0.357. The van der Waals surface area contributed by atoms with E-state index in [0.717, 1.165) is 22.3 Å². The summed E-state index contributed by atoms with van der Waals surface area (Å²) in [5.41, 5.74) is 8.53. The van der Waals surface area contributed by atoms with Crippen LogP contribution in [0.2, 0.25) is 0 Å². The fourth-order valence-electron chi connectivity index (χ4n) is 4.56. The van der Waals surface area contributed by atoms with Crippen molar-refractivity contribution in [3.63, 3.8) is 0 Å². The van der Waals surface area contributed by atoms with Crippen LogP contribution in [0.25, 0.3) is 0 Å². The molecule has 0 bridgehead atoms. The third-order valence-electron chi connectivity index (χ3n) is 6.74. The van der Waals surface area contributed by atoms with Crippen LogP contribution in [-0.2, 0) is 10.8 Å². The Hall–Kier alpha value is -2.74. The molecule has 3 aromatic rings. The highest BCUT2D eigenvalue weighted by atomic mass is 16.3. The van der Waals surface area contributed by atoms with Crippen LogP contribution in [0.15, 0.2) is 48.5 Å². The lowest BCUT2D eigenvalue weighted by molar-refractivity contribution is 0.469. The van der Waals surface area contributed by atoms with E-state index in [-0.39, 0.29) is 10.8 Å². The van der Waals surface area contributed by atoms with Gasteiger partial charge in [0.1, 0.15) is 11.5 Å². The van der Waals surface area contributed by atoms with Crippen molar-refractivity contribution in [2.75, 3.05) is 0 Å². The molecule has 0 saturated heterocycles. The monoisotopic (exact) mass is 402 g/mol. The third kappa shape index (κ3) is 3.71. The lowest BCUT2D eigenvalue weighted by atomic mass is 9.71. The van der Waals surface area contributed by atoms with Gasteiger partial charge in [-0.15, -0.1) is 0 Å². The number of aromatic hydroxyl groups is 2. The molecule has 0 spiro atoms. The van der Waals surface area contributed by atoms with Crippen LogP contribution >= 0.6 is 0 Å². The van der Waals surface area contributed by atoms with Crippen LogP contribution in [0.5, 0.6) is 11.5 Å². The average Bonchev–Trinajstić information content (AvgIpc) is 2.67. The standard InChI is InChI=1S/C28H34O2/c1-17-14-25(29)19(3)12-23(17)27(5,6)21-10-9-11-22(16-21)28(7,8)24-13-20(4)26(30)15-18(24)2/h9-16,29-30H,1-8H3. The first-order chi connectivity index (χ1) is 13.9. The summed E-state index contributed by atoms with van der Waals surface area (Å²) in [6.07, 6.45) is 0. The summed E-state index contributed by atoms with van der Waals surface area (Å²) < 4.78 is 0. The second-order valence-electron chi connectivity index (χ2n) is 9.74. The Labute approximate surface area is 181 Å². The van der Waals surface area contributed by atoms with Gasteiger partial charge in [-0.1, -0.05) is 64.1 Å². The Morgan fingerprint density at radius 3 is 1.27 bits per heavy atom. The predicted molar refractivity (Wildman–Crippen MR) is 126 cm³/mol. The van der Waals surface area contributed by atoms with Crippen molar-refractivity contribution >= 4 is 0 Å². The van der Waals surface area contributed by atoms with Crippen LogP contribution < -0.4 is 0 Å². The number of rotatable bonds is 4. The summed E-state index contributed by atoms with van der Waals surface area (Å²) in [6, 6.07) is 16.8. The molecule has 3 rings (SSSR count). The Morgan fingerprint density at radius 1 is 0.533 bits per heavy atom. The molecule has 0 atom stereocenters. The van der Waals surface area contributed by atoms with Crippen molar-refractivity contribution in [1.29, 1.82) is 0 Å². The molecule has 3 aromatic carbocycles. The molecule has 0 aliphatic heterocycles. The third-order valence-corrected chi connectivity index (χ3v) is 6.74. The lowest BCUT2D eigenvalue weighted by Gasteiger charge is -2.32. The van der Waals surface area contributed by atoms with Crippen LogP contribution in [0, 0.1) is 27.7 Å².